The molecule has 4 nitrogen and oxygen atoms in total. The molecule has 0 saturated heterocycles. The lowest BCUT2D eigenvalue weighted by Crippen LogP contribution is -2.07. The van der Waals surface area contributed by atoms with Gasteiger partial charge < -0.3 is 4.90 Å². The second-order valence-corrected chi connectivity index (χ2v) is 4.82. The van der Waals surface area contributed by atoms with Gasteiger partial charge in [-0.05, 0) is 30.3 Å². The van der Waals surface area contributed by atoms with Gasteiger partial charge in [0.05, 0.1) is 17.1 Å². The number of hydrogen-bond acceptors (Lipinski definition) is 3. The van der Waals surface area contributed by atoms with Crippen LogP contribution >= 0.6 is 0 Å². The minimum absolute atomic E-state index is 0.899. The average molecular weight is 264 g/mol. The quantitative estimate of drug-likeness (QED) is 0.790. The van der Waals surface area contributed by atoms with Crippen molar-refractivity contribution >= 4 is 5.69 Å². The first kappa shape index (κ1) is 12.4. The number of H-pyrrole nitrogens is 1. The Balaban J connectivity index is 1.90. The maximum absolute atomic E-state index is 4.36. The standard InChI is InChI=1S/C16H16N4/c1-20(2)13-8-6-12(7-9-13)15-11-16(19-18-15)14-5-3-4-10-17-14/h3-11H,1-2H3,(H,18,19). The number of pyridine rings is 1. The normalized spacial score (nSPS) is 10.5. The van der Waals surface area contributed by atoms with Crippen molar-refractivity contribution in [3.63, 3.8) is 0 Å². The SMILES string of the molecule is CN(C)c1ccc(-c2cc(-c3ccccn3)[nH]n2)cc1. The van der Waals surface area contributed by atoms with E-state index < -0.39 is 0 Å². The van der Waals surface area contributed by atoms with Crippen LogP contribution in [-0.2, 0) is 0 Å². The summed E-state index contributed by atoms with van der Waals surface area (Å²) < 4.78 is 0. The zero-order chi connectivity index (χ0) is 13.9. The van der Waals surface area contributed by atoms with Gasteiger partial charge in [-0.3, -0.25) is 10.1 Å². The molecule has 0 saturated carbocycles. The van der Waals surface area contributed by atoms with E-state index >= 15 is 0 Å². The average Bonchev–Trinajstić information content (AvgIpc) is 2.98. The first-order chi connectivity index (χ1) is 9.74. The Bertz CT molecular complexity index is 684. The van der Waals surface area contributed by atoms with Gasteiger partial charge in [0.1, 0.15) is 0 Å². The van der Waals surface area contributed by atoms with Crippen molar-refractivity contribution in [3.8, 4) is 22.6 Å². The fraction of sp³-hybridized carbons (Fsp3) is 0.125. The highest BCUT2D eigenvalue weighted by Crippen LogP contribution is 2.24. The molecule has 0 atom stereocenters. The molecular weight excluding hydrogens is 248 g/mol. The molecule has 100 valence electrons. The van der Waals surface area contributed by atoms with Crippen LogP contribution in [0.25, 0.3) is 22.6 Å². The van der Waals surface area contributed by atoms with Gasteiger partial charge in [-0.1, -0.05) is 18.2 Å². The first-order valence-electron chi connectivity index (χ1n) is 6.48. The molecule has 1 aromatic carbocycles. The summed E-state index contributed by atoms with van der Waals surface area (Å²) in [5, 5.41) is 7.39. The van der Waals surface area contributed by atoms with Gasteiger partial charge in [-0.25, -0.2) is 0 Å². The second kappa shape index (κ2) is 5.17. The Hall–Kier alpha value is -2.62. The van der Waals surface area contributed by atoms with Crippen LogP contribution in [0.2, 0.25) is 0 Å². The molecule has 0 radical (unpaired) electrons. The van der Waals surface area contributed by atoms with Crippen LogP contribution in [0.15, 0.2) is 54.7 Å². The Morgan fingerprint density at radius 3 is 2.40 bits per heavy atom. The summed E-state index contributed by atoms with van der Waals surface area (Å²) in [6.07, 6.45) is 1.78. The molecule has 2 heterocycles. The molecule has 3 rings (SSSR count). The molecule has 3 aromatic rings. The number of anilines is 1. The van der Waals surface area contributed by atoms with Gasteiger partial charge in [0.15, 0.2) is 0 Å². The van der Waals surface area contributed by atoms with Crippen LogP contribution in [0.3, 0.4) is 0 Å². The van der Waals surface area contributed by atoms with E-state index in [1.165, 1.54) is 5.69 Å². The van der Waals surface area contributed by atoms with Crippen LogP contribution < -0.4 is 4.90 Å². The number of hydrogen-bond donors (Lipinski definition) is 1. The lowest BCUT2D eigenvalue weighted by molar-refractivity contribution is 1.09. The van der Waals surface area contributed by atoms with Gasteiger partial charge in [0, 0.05) is 31.5 Å². The van der Waals surface area contributed by atoms with Gasteiger partial charge in [-0.2, -0.15) is 5.10 Å². The minimum atomic E-state index is 0.899. The number of aromatic nitrogens is 3. The Morgan fingerprint density at radius 1 is 0.950 bits per heavy atom. The van der Waals surface area contributed by atoms with Crippen LogP contribution in [0.1, 0.15) is 0 Å². The smallest absolute Gasteiger partial charge is 0.0927 e. The number of benzene rings is 1. The van der Waals surface area contributed by atoms with Crippen LogP contribution in [0.5, 0.6) is 0 Å². The Labute approximate surface area is 118 Å². The van der Waals surface area contributed by atoms with Crippen molar-refractivity contribution < 1.29 is 0 Å². The summed E-state index contributed by atoms with van der Waals surface area (Å²) in [7, 11) is 4.06. The van der Waals surface area contributed by atoms with E-state index in [0.29, 0.717) is 0 Å². The predicted molar refractivity (Wildman–Crippen MR) is 81.6 cm³/mol. The van der Waals surface area contributed by atoms with Crippen LogP contribution in [-0.4, -0.2) is 29.3 Å². The largest absolute Gasteiger partial charge is 0.378 e. The molecule has 0 spiro atoms. The highest BCUT2D eigenvalue weighted by Gasteiger charge is 2.06. The topological polar surface area (TPSA) is 44.8 Å². The highest BCUT2D eigenvalue weighted by atomic mass is 15.1. The highest BCUT2D eigenvalue weighted by molar-refractivity contribution is 5.67. The third-order valence-electron chi connectivity index (χ3n) is 3.20. The van der Waals surface area contributed by atoms with Crippen molar-refractivity contribution in [1.29, 1.82) is 0 Å². The third-order valence-corrected chi connectivity index (χ3v) is 3.20. The second-order valence-electron chi connectivity index (χ2n) is 4.82. The van der Waals surface area contributed by atoms with E-state index in [1.807, 2.05) is 38.4 Å². The molecule has 0 fully saturated rings. The molecule has 4 heteroatoms. The van der Waals surface area contributed by atoms with Gasteiger partial charge >= 0.3 is 0 Å². The molecule has 2 aromatic heterocycles. The van der Waals surface area contributed by atoms with Crippen molar-refractivity contribution in [3.05, 3.63) is 54.7 Å². The van der Waals surface area contributed by atoms with E-state index in [4.69, 9.17) is 0 Å². The minimum Gasteiger partial charge on any atom is -0.378 e. The molecule has 20 heavy (non-hydrogen) atoms. The van der Waals surface area contributed by atoms with Gasteiger partial charge in [-0.15, -0.1) is 0 Å². The van der Waals surface area contributed by atoms with E-state index in [-0.39, 0.29) is 0 Å². The van der Waals surface area contributed by atoms with E-state index in [2.05, 4.69) is 44.3 Å². The number of nitrogens with zero attached hydrogens (tertiary/aromatic N) is 3. The van der Waals surface area contributed by atoms with Crippen molar-refractivity contribution in [2.45, 2.75) is 0 Å². The summed E-state index contributed by atoms with van der Waals surface area (Å²) in [6.45, 7) is 0. The number of aromatic amines is 1. The van der Waals surface area contributed by atoms with E-state index in [0.717, 1.165) is 22.6 Å². The van der Waals surface area contributed by atoms with Crippen molar-refractivity contribution in [2.24, 2.45) is 0 Å². The van der Waals surface area contributed by atoms with Gasteiger partial charge in [0.25, 0.3) is 0 Å². The van der Waals surface area contributed by atoms with Crippen LogP contribution in [0.4, 0.5) is 5.69 Å². The third kappa shape index (κ3) is 2.40. The molecular formula is C16H16N4. The number of nitrogens with one attached hydrogen (secondary N) is 1. The lowest BCUT2D eigenvalue weighted by Gasteiger charge is -2.11. The monoisotopic (exact) mass is 264 g/mol. The zero-order valence-corrected chi connectivity index (χ0v) is 11.5. The summed E-state index contributed by atoms with van der Waals surface area (Å²) in [5.74, 6) is 0. The van der Waals surface area contributed by atoms with E-state index in [9.17, 15) is 0 Å². The molecule has 1 N–H and O–H groups in total. The molecule has 0 aliphatic heterocycles. The summed E-state index contributed by atoms with van der Waals surface area (Å²) >= 11 is 0. The molecule has 0 aliphatic carbocycles. The van der Waals surface area contributed by atoms with E-state index in [1.54, 1.807) is 6.20 Å². The Morgan fingerprint density at radius 2 is 1.75 bits per heavy atom. The molecule has 0 bridgehead atoms. The maximum Gasteiger partial charge on any atom is 0.0927 e. The van der Waals surface area contributed by atoms with Gasteiger partial charge in [0.2, 0.25) is 0 Å². The first-order valence-corrected chi connectivity index (χ1v) is 6.48. The Kier molecular flexibility index (Phi) is 3.21. The zero-order valence-electron chi connectivity index (χ0n) is 11.5. The summed E-state index contributed by atoms with van der Waals surface area (Å²) in [4.78, 5) is 6.39. The summed E-state index contributed by atoms with van der Waals surface area (Å²) in [6, 6.07) is 16.2. The fourth-order valence-electron chi connectivity index (χ4n) is 2.05. The lowest BCUT2D eigenvalue weighted by atomic mass is 10.1. The van der Waals surface area contributed by atoms with Crippen molar-refractivity contribution in [2.75, 3.05) is 19.0 Å². The summed E-state index contributed by atoms with van der Waals surface area (Å²) in [5.41, 5.74) is 5.02. The van der Waals surface area contributed by atoms with Crippen LogP contribution in [0, 0.1) is 0 Å². The predicted octanol–water partition coefficient (Wildman–Crippen LogP) is 3.20. The maximum atomic E-state index is 4.36. The molecule has 0 unspecified atom stereocenters. The molecule has 0 amide bonds. The molecule has 0 aliphatic rings. The van der Waals surface area contributed by atoms with Crippen molar-refractivity contribution in [1.82, 2.24) is 15.2 Å². The number of rotatable bonds is 3. The fourth-order valence-corrected chi connectivity index (χ4v) is 2.05.